The fourth-order valence-electron chi connectivity index (χ4n) is 4.22. The van der Waals surface area contributed by atoms with E-state index in [-0.39, 0.29) is 29.6 Å². The molecule has 31 heavy (non-hydrogen) atoms. The van der Waals surface area contributed by atoms with Gasteiger partial charge in [-0.1, -0.05) is 19.3 Å². The van der Waals surface area contributed by atoms with Gasteiger partial charge >= 0.3 is 5.97 Å². The molecule has 1 aromatic rings. The van der Waals surface area contributed by atoms with E-state index < -0.39 is 26.2 Å². The molecule has 0 spiro atoms. The number of nitrogens with two attached hydrogens (primary N) is 1. The van der Waals surface area contributed by atoms with Gasteiger partial charge in [0.2, 0.25) is 10.0 Å². The molecule has 1 aliphatic carbocycles. The van der Waals surface area contributed by atoms with Crippen molar-refractivity contribution in [2.24, 2.45) is 5.14 Å². The van der Waals surface area contributed by atoms with Gasteiger partial charge in [-0.2, -0.15) is 17.0 Å². The van der Waals surface area contributed by atoms with E-state index in [4.69, 9.17) is 9.88 Å². The Morgan fingerprint density at radius 1 is 1.06 bits per heavy atom. The minimum atomic E-state index is -3.98. The van der Waals surface area contributed by atoms with Gasteiger partial charge in [-0.3, -0.25) is 0 Å². The molecule has 1 aromatic carbocycles. The van der Waals surface area contributed by atoms with Gasteiger partial charge in [-0.25, -0.2) is 18.4 Å². The topological polar surface area (TPSA) is 130 Å². The van der Waals surface area contributed by atoms with Gasteiger partial charge in [0.15, 0.2) is 0 Å². The highest BCUT2D eigenvalue weighted by atomic mass is 32.2. The molecule has 0 bridgehead atoms. The first-order valence-electron chi connectivity index (χ1n) is 10.3. The van der Waals surface area contributed by atoms with E-state index >= 15 is 0 Å². The van der Waals surface area contributed by atoms with Gasteiger partial charge < -0.3 is 9.64 Å². The van der Waals surface area contributed by atoms with Crippen LogP contribution in [0.15, 0.2) is 23.1 Å². The van der Waals surface area contributed by atoms with Crippen molar-refractivity contribution in [3.05, 3.63) is 23.8 Å². The molecule has 0 unspecified atom stereocenters. The standard InChI is InChI=1S/C19H30N4O6S2/c1-21(15-6-4-3-5-7-15)31(27,28)23-12-10-22(11-13-23)18-9-8-16(30(20,25)26)14-17(18)19(24)29-2/h8-9,14-15H,3-7,10-13H2,1-2H3,(H2,20,25,26). The second kappa shape index (κ2) is 9.41. The lowest BCUT2D eigenvalue weighted by Gasteiger charge is -2.39. The maximum atomic E-state index is 13.1. The van der Waals surface area contributed by atoms with Crippen molar-refractivity contribution in [2.45, 2.75) is 43.0 Å². The number of ether oxygens (including phenoxy) is 1. The molecular weight excluding hydrogens is 444 g/mol. The van der Waals surface area contributed by atoms with E-state index in [0.717, 1.165) is 32.1 Å². The predicted molar refractivity (Wildman–Crippen MR) is 116 cm³/mol. The first-order chi connectivity index (χ1) is 14.6. The number of rotatable bonds is 6. The number of hydrogen-bond acceptors (Lipinski definition) is 7. The summed E-state index contributed by atoms with van der Waals surface area (Å²) in [5.41, 5.74) is 0.557. The van der Waals surface area contributed by atoms with Crippen molar-refractivity contribution < 1.29 is 26.4 Å². The molecule has 3 rings (SSSR count). The zero-order valence-electron chi connectivity index (χ0n) is 17.9. The fraction of sp³-hybridized carbons (Fsp3) is 0.632. The quantitative estimate of drug-likeness (QED) is 0.602. The van der Waals surface area contributed by atoms with E-state index in [1.54, 1.807) is 7.05 Å². The van der Waals surface area contributed by atoms with E-state index in [1.165, 1.54) is 33.9 Å². The smallest absolute Gasteiger partial charge is 0.340 e. The molecule has 12 heteroatoms. The second-order valence-corrected chi connectivity index (χ2v) is 11.5. The van der Waals surface area contributed by atoms with Gasteiger partial charge in [0.05, 0.1) is 23.3 Å². The lowest BCUT2D eigenvalue weighted by atomic mass is 9.96. The SMILES string of the molecule is COC(=O)c1cc(S(N)(=O)=O)ccc1N1CCN(S(=O)(=O)N(C)C2CCCCC2)CC1. The molecule has 0 amide bonds. The maximum absolute atomic E-state index is 13.1. The van der Waals surface area contributed by atoms with Gasteiger partial charge in [-0.15, -0.1) is 0 Å². The summed E-state index contributed by atoms with van der Waals surface area (Å²) in [4.78, 5) is 13.9. The van der Waals surface area contributed by atoms with Gasteiger partial charge in [-0.05, 0) is 31.0 Å². The Morgan fingerprint density at radius 3 is 2.23 bits per heavy atom. The zero-order chi connectivity index (χ0) is 22.8. The van der Waals surface area contributed by atoms with Crippen LogP contribution in [0.2, 0.25) is 0 Å². The number of esters is 1. The van der Waals surface area contributed by atoms with Crippen molar-refractivity contribution in [3.63, 3.8) is 0 Å². The molecule has 10 nitrogen and oxygen atoms in total. The number of primary sulfonamides is 1. The van der Waals surface area contributed by atoms with E-state index in [2.05, 4.69) is 0 Å². The van der Waals surface area contributed by atoms with Crippen LogP contribution in [0.25, 0.3) is 0 Å². The Hall–Kier alpha value is -1.73. The number of carbonyl (C=O) groups excluding carboxylic acids is 1. The highest BCUT2D eigenvalue weighted by Gasteiger charge is 2.35. The molecule has 1 saturated heterocycles. The van der Waals surface area contributed by atoms with Crippen molar-refractivity contribution in [3.8, 4) is 0 Å². The van der Waals surface area contributed by atoms with Crippen LogP contribution in [0.1, 0.15) is 42.5 Å². The van der Waals surface area contributed by atoms with Gasteiger partial charge in [0, 0.05) is 39.3 Å². The summed E-state index contributed by atoms with van der Waals surface area (Å²) in [5.74, 6) is -0.687. The van der Waals surface area contributed by atoms with Crippen LogP contribution in [0.5, 0.6) is 0 Å². The molecule has 2 fully saturated rings. The molecule has 1 saturated carbocycles. The molecular formula is C19H30N4O6S2. The Labute approximate surface area is 184 Å². The fourth-order valence-corrected chi connectivity index (χ4v) is 6.33. The highest BCUT2D eigenvalue weighted by Crippen LogP contribution is 2.28. The average Bonchev–Trinajstić information content (AvgIpc) is 2.77. The van der Waals surface area contributed by atoms with Crippen LogP contribution in [0.3, 0.4) is 0 Å². The number of piperazine rings is 1. The van der Waals surface area contributed by atoms with E-state index in [9.17, 15) is 21.6 Å². The maximum Gasteiger partial charge on any atom is 0.340 e. The van der Waals surface area contributed by atoms with Crippen LogP contribution in [-0.4, -0.2) is 77.8 Å². The Morgan fingerprint density at radius 2 is 1.68 bits per heavy atom. The number of carbonyl (C=O) groups is 1. The lowest BCUT2D eigenvalue weighted by Crippen LogP contribution is -2.54. The van der Waals surface area contributed by atoms with Crippen LogP contribution in [-0.2, 0) is 25.0 Å². The van der Waals surface area contributed by atoms with Crippen LogP contribution < -0.4 is 10.0 Å². The van der Waals surface area contributed by atoms with Gasteiger partial charge in [0.25, 0.3) is 10.2 Å². The predicted octanol–water partition coefficient (Wildman–Crippen LogP) is 0.752. The van der Waals surface area contributed by atoms with Crippen molar-refractivity contribution in [1.82, 2.24) is 8.61 Å². The Bertz CT molecular complexity index is 1010. The summed E-state index contributed by atoms with van der Waals surface area (Å²) < 4.78 is 57.3. The minimum absolute atomic E-state index is 0.0356. The first kappa shape index (κ1) is 23.9. The summed E-state index contributed by atoms with van der Waals surface area (Å²) in [6, 6.07) is 4.06. The van der Waals surface area contributed by atoms with E-state index in [1.807, 2.05) is 4.90 Å². The van der Waals surface area contributed by atoms with Gasteiger partial charge in [0.1, 0.15) is 0 Å². The molecule has 0 radical (unpaired) electrons. The zero-order valence-corrected chi connectivity index (χ0v) is 19.5. The Kier molecular flexibility index (Phi) is 7.26. The number of methoxy groups -OCH3 is 1. The number of hydrogen-bond donors (Lipinski definition) is 1. The molecule has 2 aliphatic rings. The van der Waals surface area contributed by atoms with E-state index in [0.29, 0.717) is 18.8 Å². The summed E-state index contributed by atoms with van der Waals surface area (Å²) >= 11 is 0. The van der Waals surface area contributed by atoms with Crippen LogP contribution in [0.4, 0.5) is 5.69 Å². The van der Waals surface area contributed by atoms with Crippen LogP contribution in [0, 0.1) is 0 Å². The molecule has 174 valence electrons. The Balaban J connectivity index is 1.76. The monoisotopic (exact) mass is 474 g/mol. The second-order valence-electron chi connectivity index (χ2n) is 7.92. The largest absolute Gasteiger partial charge is 0.465 e. The summed E-state index contributed by atoms with van der Waals surface area (Å²) in [5, 5.41) is 5.18. The third kappa shape index (κ3) is 5.20. The van der Waals surface area contributed by atoms with Crippen molar-refractivity contribution >= 4 is 31.9 Å². The molecule has 0 aromatic heterocycles. The summed E-state index contributed by atoms with van der Waals surface area (Å²) in [6.45, 7) is 1.24. The lowest BCUT2D eigenvalue weighted by molar-refractivity contribution is 0.0601. The first-order valence-corrected chi connectivity index (χ1v) is 13.2. The summed E-state index contributed by atoms with van der Waals surface area (Å²) in [7, 11) is -4.69. The normalized spacial score (nSPS) is 19.5. The molecule has 0 atom stereocenters. The average molecular weight is 475 g/mol. The highest BCUT2D eigenvalue weighted by molar-refractivity contribution is 7.89. The third-order valence-corrected chi connectivity index (χ3v) is 9.02. The number of nitrogens with zero attached hydrogens (tertiary/aromatic N) is 3. The third-order valence-electron chi connectivity index (χ3n) is 6.06. The van der Waals surface area contributed by atoms with Crippen molar-refractivity contribution in [2.75, 3.05) is 45.2 Å². The number of sulfonamides is 1. The molecule has 1 aliphatic heterocycles. The minimum Gasteiger partial charge on any atom is -0.465 e. The molecule has 1 heterocycles. The van der Waals surface area contributed by atoms with Crippen molar-refractivity contribution in [1.29, 1.82) is 0 Å². The molecule has 2 N–H and O–H groups in total. The number of benzene rings is 1. The number of anilines is 1. The van der Waals surface area contributed by atoms with Crippen LogP contribution >= 0.6 is 0 Å². The summed E-state index contributed by atoms with van der Waals surface area (Å²) in [6.07, 6.45) is 5.01.